The Morgan fingerprint density at radius 1 is 0.760 bits per heavy atom. The maximum Gasteiger partial charge on any atom is 0.0324 e. The van der Waals surface area contributed by atoms with Crippen molar-refractivity contribution in [3.8, 4) is 11.8 Å². The smallest absolute Gasteiger partial charge is 0.0324 e. The molecule has 0 nitrogen and oxygen atoms in total. The highest BCUT2D eigenvalue weighted by Crippen LogP contribution is 2.38. The van der Waals surface area contributed by atoms with E-state index in [4.69, 9.17) is 0 Å². The molecule has 0 bridgehead atoms. The molecule has 0 atom stereocenters. The molecule has 0 saturated carbocycles. The molecule has 0 amide bonds. The van der Waals surface area contributed by atoms with Crippen molar-refractivity contribution >= 4 is 48.2 Å². The minimum absolute atomic E-state index is 0.994. The van der Waals surface area contributed by atoms with Gasteiger partial charge < -0.3 is 0 Å². The third kappa shape index (κ3) is 3.00. The van der Waals surface area contributed by atoms with E-state index in [0.29, 0.717) is 0 Å². The summed E-state index contributed by atoms with van der Waals surface area (Å²) in [5.74, 6) is 6.82. The van der Waals surface area contributed by atoms with Gasteiger partial charge in [0.05, 0.1) is 0 Å². The van der Waals surface area contributed by atoms with Gasteiger partial charge in [0.25, 0.3) is 0 Å². The van der Waals surface area contributed by atoms with Gasteiger partial charge in [0.2, 0.25) is 0 Å². The van der Waals surface area contributed by atoms with Crippen LogP contribution >= 0.6 is 15.9 Å². The third-order valence-electron chi connectivity index (χ3n) is 4.99. The van der Waals surface area contributed by atoms with Crippen molar-refractivity contribution in [2.75, 3.05) is 0 Å². The summed E-state index contributed by atoms with van der Waals surface area (Å²) in [6, 6.07) is 17.6. The van der Waals surface area contributed by atoms with Crippen LogP contribution in [0.4, 0.5) is 0 Å². The van der Waals surface area contributed by atoms with Crippen LogP contribution in [0.15, 0.2) is 53.0 Å². The Balaban J connectivity index is 1.82. The second-order valence-electron chi connectivity index (χ2n) is 6.70. The Kier molecular flexibility index (Phi) is 4.64. The van der Waals surface area contributed by atoms with E-state index < -0.39 is 0 Å². The number of benzene rings is 4. The molecule has 4 aromatic carbocycles. The minimum Gasteiger partial charge on any atom is -0.0979 e. The van der Waals surface area contributed by atoms with Crippen LogP contribution in [0.25, 0.3) is 32.3 Å². The standard InChI is InChI=1S/C24H21Br/c1-2-3-4-5-6-7-8-17-9-10-18-12-15-21-22(25)16-13-19-11-14-20(17)23(18)24(19)21/h9-16H,2-6H2,1H3. The average molecular weight is 389 g/mol. The first kappa shape index (κ1) is 16.4. The molecule has 124 valence electrons. The minimum atomic E-state index is 0.994. The van der Waals surface area contributed by atoms with Crippen molar-refractivity contribution in [2.24, 2.45) is 0 Å². The fourth-order valence-corrected chi connectivity index (χ4v) is 4.13. The van der Waals surface area contributed by atoms with Crippen LogP contribution in [0.5, 0.6) is 0 Å². The monoisotopic (exact) mass is 388 g/mol. The Labute approximate surface area is 157 Å². The fourth-order valence-electron chi connectivity index (χ4n) is 3.67. The molecular formula is C24H21Br. The van der Waals surface area contributed by atoms with Gasteiger partial charge in [-0.15, -0.1) is 0 Å². The highest BCUT2D eigenvalue weighted by molar-refractivity contribution is 9.10. The first-order valence-corrected chi connectivity index (χ1v) is 9.94. The zero-order valence-corrected chi connectivity index (χ0v) is 16.1. The maximum absolute atomic E-state index is 3.70. The Hall–Kier alpha value is -2.04. The number of hydrogen-bond donors (Lipinski definition) is 0. The quantitative estimate of drug-likeness (QED) is 0.191. The van der Waals surface area contributed by atoms with E-state index in [-0.39, 0.29) is 0 Å². The lowest BCUT2D eigenvalue weighted by Crippen LogP contribution is -1.87. The molecule has 0 spiro atoms. The van der Waals surface area contributed by atoms with Crippen LogP contribution in [-0.4, -0.2) is 0 Å². The third-order valence-corrected chi connectivity index (χ3v) is 5.68. The van der Waals surface area contributed by atoms with Gasteiger partial charge in [-0.1, -0.05) is 90.4 Å². The number of halogens is 1. The fraction of sp³-hybridized carbons (Fsp3) is 0.250. The van der Waals surface area contributed by atoms with Gasteiger partial charge in [-0.2, -0.15) is 0 Å². The molecule has 1 heteroatoms. The van der Waals surface area contributed by atoms with E-state index in [9.17, 15) is 0 Å². The van der Waals surface area contributed by atoms with Gasteiger partial charge >= 0.3 is 0 Å². The number of hydrogen-bond acceptors (Lipinski definition) is 0. The Bertz CT molecular complexity index is 1100. The van der Waals surface area contributed by atoms with E-state index >= 15 is 0 Å². The average Bonchev–Trinajstić information content (AvgIpc) is 2.65. The SMILES string of the molecule is CCCCCCC#Cc1ccc2ccc3c(Br)ccc4ccc1c2c43. The van der Waals surface area contributed by atoms with Gasteiger partial charge in [0.1, 0.15) is 0 Å². The van der Waals surface area contributed by atoms with Crippen LogP contribution in [-0.2, 0) is 0 Å². The molecule has 0 aliphatic heterocycles. The lowest BCUT2D eigenvalue weighted by Gasteiger charge is -2.12. The molecule has 4 rings (SSSR count). The zero-order chi connectivity index (χ0) is 17.2. The van der Waals surface area contributed by atoms with E-state index in [1.807, 2.05) is 0 Å². The Morgan fingerprint density at radius 2 is 1.44 bits per heavy atom. The Morgan fingerprint density at radius 3 is 2.24 bits per heavy atom. The molecule has 0 aromatic heterocycles. The molecule has 0 aliphatic rings. The molecule has 0 heterocycles. The van der Waals surface area contributed by atoms with E-state index in [2.05, 4.69) is 83.2 Å². The molecular weight excluding hydrogens is 368 g/mol. The number of unbranched alkanes of at least 4 members (excludes halogenated alkanes) is 4. The molecule has 0 radical (unpaired) electrons. The van der Waals surface area contributed by atoms with Crippen molar-refractivity contribution < 1.29 is 0 Å². The summed E-state index contributed by atoms with van der Waals surface area (Å²) in [4.78, 5) is 0. The second-order valence-corrected chi connectivity index (χ2v) is 7.55. The maximum atomic E-state index is 3.70. The predicted octanol–water partition coefficient (Wildman–Crippen LogP) is 7.67. The number of rotatable bonds is 4. The molecule has 0 fully saturated rings. The molecule has 0 unspecified atom stereocenters. The van der Waals surface area contributed by atoms with Crippen LogP contribution < -0.4 is 0 Å². The highest BCUT2D eigenvalue weighted by atomic mass is 79.9. The molecule has 0 aliphatic carbocycles. The lowest BCUT2D eigenvalue weighted by atomic mass is 9.92. The molecule has 25 heavy (non-hydrogen) atoms. The van der Waals surface area contributed by atoms with E-state index in [1.165, 1.54) is 58.0 Å². The van der Waals surface area contributed by atoms with Crippen LogP contribution in [0, 0.1) is 11.8 Å². The molecule has 0 N–H and O–H groups in total. The van der Waals surface area contributed by atoms with Gasteiger partial charge in [-0.3, -0.25) is 0 Å². The second kappa shape index (κ2) is 7.06. The zero-order valence-electron chi connectivity index (χ0n) is 14.5. The van der Waals surface area contributed by atoms with E-state index in [0.717, 1.165) is 16.5 Å². The lowest BCUT2D eigenvalue weighted by molar-refractivity contribution is 0.679. The van der Waals surface area contributed by atoms with Crippen LogP contribution in [0.3, 0.4) is 0 Å². The van der Waals surface area contributed by atoms with Crippen molar-refractivity contribution in [1.29, 1.82) is 0 Å². The largest absolute Gasteiger partial charge is 0.0979 e. The summed E-state index contributed by atoms with van der Waals surface area (Å²) < 4.78 is 1.15. The van der Waals surface area contributed by atoms with Crippen LogP contribution in [0.1, 0.15) is 44.6 Å². The summed E-state index contributed by atoms with van der Waals surface area (Å²) in [5, 5.41) is 7.82. The van der Waals surface area contributed by atoms with Crippen LogP contribution in [0.2, 0.25) is 0 Å². The normalized spacial score (nSPS) is 11.3. The molecule has 4 aromatic rings. The highest BCUT2D eigenvalue weighted by Gasteiger charge is 2.11. The van der Waals surface area contributed by atoms with E-state index in [1.54, 1.807) is 0 Å². The summed E-state index contributed by atoms with van der Waals surface area (Å²) in [5.41, 5.74) is 1.15. The van der Waals surface area contributed by atoms with Gasteiger partial charge in [0.15, 0.2) is 0 Å². The topological polar surface area (TPSA) is 0 Å². The van der Waals surface area contributed by atoms with Crippen molar-refractivity contribution in [2.45, 2.75) is 39.0 Å². The van der Waals surface area contributed by atoms with Crippen molar-refractivity contribution in [1.82, 2.24) is 0 Å². The first-order chi connectivity index (χ1) is 12.3. The summed E-state index contributed by atoms with van der Waals surface area (Å²) in [6.45, 7) is 2.24. The summed E-state index contributed by atoms with van der Waals surface area (Å²) >= 11 is 3.70. The summed E-state index contributed by atoms with van der Waals surface area (Å²) in [7, 11) is 0. The predicted molar refractivity (Wildman–Crippen MR) is 113 cm³/mol. The first-order valence-electron chi connectivity index (χ1n) is 9.14. The van der Waals surface area contributed by atoms with Crippen molar-refractivity contribution in [3.63, 3.8) is 0 Å². The van der Waals surface area contributed by atoms with Gasteiger partial charge in [0, 0.05) is 16.5 Å². The summed E-state index contributed by atoms with van der Waals surface area (Å²) in [6.07, 6.45) is 6.08. The van der Waals surface area contributed by atoms with Gasteiger partial charge in [-0.25, -0.2) is 0 Å². The van der Waals surface area contributed by atoms with Crippen molar-refractivity contribution in [3.05, 3.63) is 58.6 Å². The van der Waals surface area contributed by atoms with Gasteiger partial charge in [-0.05, 0) is 50.9 Å². The molecule has 0 saturated heterocycles.